The van der Waals surface area contributed by atoms with Gasteiger partial charge >= 0.3 is 5.97 Å². The van der Waals surface area contributed by atoms with Gasteiger partial charge < -0.3 is 15.2 Å². The van der Waals surface area contributed by atoms with Gasteiger partial charge in [0, 0.05) is 23.4 Å². The lowest BCUT2D eigenvalue weighted by Crippen LogP contribution is -2.22. The molecule has 0 aliphatic rings. The Labute approximate surface area is 178 Å². The minimum absolute atomic E-state index is 0.0500. The zero-order chi connectivity index (χ0) is 21.8. The molecule has 1 amide bonds. The van der Waals surface area contributed by atoms with Gasteiger partial charge in [0.25, 0.3) is 5.69 Å². The number of hydrogen-bond donors (Lipinski definition) is 2. The van der Waals surface area contributed by atoms with E-state index >= 15 is 0 Å². The Kier molecular flexibility index (Phi) is 6.19. The van der Waals surface area contributed by atoms with Crippen LogP contribution in [0.25, 0.3) is 0 Å². The highest BCUT2D eigenvalue weighted by Crippen LogP contribution is 2.34. The summed E-state index contributed by atoms with van der Waals surface area (Å²) in [4.78, 5) is 34.0. The molecular formula is C18H12Cl2N4O6. The molecule has 0 atom stereocenters. The molecule has 154 valence electrons. The molecule has 0 aliphatic heterocycles. The number of nitro benzene ring substituents is 1. The van der Waals surface area contributed by atoms with Crippen molar-refractivity contribution in [3.05, 3.63) is 74.5 Å². The van der Waals surface area contributed by atoms with Crippen molar-refractivity contribution in [2.45, 2.75) is 6.54 Å². The molecule has 0 spiro atoms. The lowest BCUT2D eigenvalue weighted by atomic mass is 10.2. The summed E-state index contributed by atoms with van der Waals surface area (Å²) in [5.41, 5.74) is -0.442. The fraction of sp³-hybridized carbons (Fsp3) is 0.0556. The normalized spacial score (nSPS) is 10.5. The Bertz CT molecular complexity index is 1150. The third kappa shape index (κ3) is 5.04. The van der Waals surface area contributed by atoms with E-state index in [1.165, 1.54) is 36.5 Å². The average Bonchev–Trinajstić information content (AvgIpc) is 3.12. The first-order valence-electron chi connectivity index (χ1n) is 8.20. The van der Waals surface area contributed by atoms with Crippen LogP contribution in [0.2, 0.25) is 10.0 Å². The van der Waals surface area contributed by atoms with Gasteiger partial charge in [0.2, 0.25) is 5.91 Å². The van der Waals surface area contributed by atoms with Gasteiger partial charge in [-0.15, -0.1) is 0 Å². The second kappa shape index (κ2) is 8.80. The van der Waals surface area contributed by atoms with Gasteiger partial charge in [-0.25, -0.2) is 9.48 Å². The van der Waals surface area contributed by atoms with Crippen LogP contribution in [0, 0.1) is 10.1 Å². The van der Waals surface area contributed by atoms with E-state index in [0.29, 0.717) is 5.02 Å². The number of ether oxygens (including phenoxy) is 1. The van der Waals surface area contributed by atoms with E-state index in [4.69, 9.17) is 33.0 Å². The summed E-state index contributed by atoms with van der Waals surface area (Å²) >= 11 is 11.9. The Morgan fingerprint density at radius 2 is 1.97 bits per heavy atom. The van der Waals surface area contributed by atoms with Gasteiger partial charge in [-0.2, -0.15) is 5.10 Å². The molecule has 2 N–H and O–H groups in total. The Balaban J connectivity index is 1.83. The van der Waals surface area contributed by atoms with E-state index in [1.807, 2.05) is 0 Å². The Hall–Kier alpha value is -3.63. The molecule has 0 saturated heterocycles. The highest BCUT2D eigenvalue weighted by atomic mass is 35.5. The van der Waals surface area contributed by atoms with Crippen molar-refractivity contribution in [3.8, 4) is 11.5 Å². The monoisotopic (exact) mass is 450 g/mol. The van der Waals surface area contributed by atoms with Crippen molar-refractivity contribution in [3.63, 3.8) is 0 Å². The molecule has 1 aromatic heterocycles. The molecule has 3 rings (SSSR count). The van der Waals surface area contributed by atoms with Crippen molar-refractivity contribution in [2.24, 2.45) is 0 Å². The van der Waals surface area contributed by atoms with Crippen LogP contribution in [-0.4, -0.2) is 31.7 Å². The SMILES string of the molecule is O=C(Cn1nccc1C(=O)O)Nc1cc(Oc2ccc(Cl)cc2Cl)cc([N+](=O)[O-])c1. The number of nitro groups is 1. The third-order valence-electron chi connectivity index (χ3n) is 3.74. The fourth-order valence-corrected chi connectivity index (χ4v) is 2.93. The van der Waals surface area contributed by atoms with Crippen molar-refractivity contribution >= 4 is 46.5 Å². The summed E-state index contributed by atoms with van der Waals surface area (Å²) in [6.07, 6.45) is 1.24. The van der Waals surface area contributed by atoms with Crippen LogP contribution < -0.4 is 10.1 Å². The number of rotatable bonds is 7. The highest BCUT2D eigenvalue weighted by Gasteiger charge is 2.16. The number of benzene rings is 2. The van der Waals surface area contributed by atoms with Gasteiger partial charge in [0.1, 0.15) is 23.7 Å². The number of aromatic nitrogens is 2. The van der Waals surface area contributed by atoms with E-state index in [9.17, 15) is 19.7 Å². The number of aromatic carboxylic acids is 1. The van der Waals surface area contributed by atoms with E-state index in [2.05, 4.69) is 10.4 Å². The number of nitrogens with zero attached hydrogens (tertiary/aromatic N) is 3. The molecule has 3 aromatic rings. The van der Waals surface area contributed by atoms with Gasteiger partial charge in [0.05, 0.1) is 21.7 Å². The molecular weight excluding hydrogens is 439 g/mol. The maximum absolute atomic E-state index is 12.3. The number of amides is 1. The van der Waals surface area contributed by atoms with Gasteiger partial charge in [0.15, 0.2) is 0 Å². The van der Waals surface area contributed by atoms with Crippen LogP contribution in [0.1, 0.15) is 10.5 Å². The first-order valence-corrected chi connectivity index (χ1v) is 8.96. The molecule has 0 bridgehead atoms. The predicted molar refractivity (Wildman–Crippen MR) is 107 cm³/mol. The lowest BCUT2D eigenvalue weighted by molar-refractivity contribution is -0.384. The minimum atomic E-state index is -1.24. The fourth-order valence-electron chi connectivity index (χ4n) is 2.48. The molecule has 0 unspecified atom stereocenters. The number of halogens is 2. The summed E-state index contributed by atoms with van der Waals surface area (Å²) in [6, 6.07) is 9.37. The summed E-state index contributed by atoms with van der Waals surface area (Å²) in [5, 5.41) is 27.1. The largest absolute Gasteiger partial charge is 0.477 e. The summed E-state index contributed by atoms with van der Waals surface area (Å²) in [7, 11) is 0. The zero-order valence-electron chi connectivity index (χ0n) is 14.9. The molecule has 0 saturated carbocycles. The van der Waals surface area contributed by atoms with E-state index in [-0.39, 0.29) is 33.6 Å². The second-order valence-corrected chi connectivity index (χ2v) is 6.72. The summed E-state index contributed by atoms with van der Waals surface area (Å²) in [6.45, 7) is -0.406. The van der Waals surface area contributed by atoms with Crippen LogP contribution in [-0.2, 0) is 11.3 Å². The molecule has 12 heteroatoms. The lowest BCUT2D eigenvalue weighted by Gasteiger charge is -2.11. The van der Waals surface area contributed by atoms with Gasteiger partial charge in [-0.3, -0.25) is 14.9 Å². The van der Waals surface area contributed by atoms with Crippen molar-refractivity contribution in [1.82, 2.24) is 9.78 Å². The number of carbonyl (C=O) groups excluding carboxylic acids is 1. The molecule has 0 radical (unpaired) electrons. The van der Waals surface area contributed by atoms with Crippen LogP contribution in [0.4, 0.5) is 11.4 Å². The number of nitrogens with one attached hydrogen (secondary N) is 1. The average molecular weight is 451 g/mol. The second-order valence-electron chi connectivity index (χ2n) is 5.88. The smallest absolute Gasteiger partial charge is 0.354 e. The van der Waals surface area contributed by atoms with Gasteiger partial charge in [-0.1, -0.05) is 23.2 Å². The van der Waals surface area contributed by atoms with E-state index in [1.54, 1.807) is 0 Å². The van der Waals surface area contributed by atoms with Crippen molar-refractivity contribution in [2.75, 3.05) is 5.32 Å². The van der Waals surface area contributed by atoms with E-state index in [0.717, 1.165) is 16.8 Å². The zero-order valence-corrected chi connectivity index (χ0v) is 16.4. The first kappa shape index (κ1) is 21.1. The predicted octanol–water partition coefficient (Wildman–Crippen LogP) is 4.23. The van der Waals surface area contributed by atoms with Crippen LogP contribution in [0.3, 0.4) is 0 Å². The Morgan fingerprint density at radius 1 is 1.20 bits per heavy atom. The number of non-ortho nitro benzene ring substituents is 1. The molecule has 30 heavy (non-hydrogen) atoms. The number of hydrogen-bond acceptors (Lipinski definition) is 6. The number of carboxylic acids is 1. The minimum Gasteiger partial charge on any atom is -0.477 e. The molecule has 0 aliphatic carbocycles. The number of carboxylic acid groups (broad SMARTS) is 1. The van der Waals surface area contributed by atoms with E-state index < -0.39 is 23.3 Å². The van der Waals surface area contributed by atoms with Crippen molar-refractivity contribution in [1.29, 1.82) is 0 Å². The molecule has 2 aromatic carbocycles. The standard InChI is InChI=1S/C18H12Cl2N4O6/c19-10-1-2-16(14(20)5-10)30-13-7-11(6-12(8-13)24(28)29)22-17(25)9-23-15(18(26)27)3-4-21-23/h1-8H,9H2,(H,22,25)(H,26,27). The number of carbonyl (C=O) groups is 2. The van der Waals surface area contributed by atoms with Crippen LogP contribution in [0.15, 0.2) is 48.7 Å². The quantitative estimate of drug-likeness (QED) is 0.405. The third-order valence-corrected chi connectivity index (χ3v) is 4.27. The van der Waals surface area contributed by atoms with Crippen LogP contribution in [0.5, 0.6) is 11.5 Å². The maximum Gasteiger partial charge on any atom is 0.354 e. The van der Waals surface area contributed by atoms with Crippen LogP contribution >= 0.6 is 23.2 Å². The topological polar surface area (TPSA) is 137 Å². The Morgan fingerprint density at radius 3 is 2.63 bits per heavy atom. The summed E-state index contributed by atoms with van der Waals surface area (Å²) < 4.78 is 6.58. The molecule has 1 heterocycles. The highest BCUT2D eigenvalue weighted by molar-refractivity contribution is 6.35. The van der Waals surface area contributed by atoms with Crippen molar-refractivity contribution < 1.29 is 24.4 Å². The first-order chi connectivity index (χ1) is 14.2. The molecule has 10 nitrogen and oxygen atoms in total. The number of anilines is 1. The summed E-state index contributed by atoms with van der Waals surface area (Å²) in [5.74, 6) is -1.63. The molecule has 0 fully saturated rings. The van der Waals surface area contributed by atoms with Gasteiger partial charge in [-0.05, 0) is 24.3 Å². The maximum atomic E-state index is 12.3.